The highest BCUT2D eigenvalue weighted by molar-refractivity contribution is 6.06. The van der Waals surface area contributed by atoms with E-state index in [9.17, 15) is 27.6 Å². The average molecular weight is 605 g/mol. The van der Waals surface area contributed by atoms with Crippen molar-refractivity contribution >= 4 is 40.0 Å². The molecule has 0 aliphatic carbocycles. The van der Waals surface area contributed by atoms with Crippen LogP contribution in [0.25, 0.3) is 16.6 Å². The summed E-state index contributed by atoms with van der Waals surface area (Å²) in [5, 5.41) is 15.8. The lowest BCUT2D eigenvalue weighted by Crippen LogP contribution is -2.42. The average Bonchev–Trinajstić information content (AvgIpc) is 3.61. The number of carbonyl (C=O) groups is 3. The molecule has 44 heavy (non-hydrogen) atoms. The van der Waals surface area contributed by atoms with E-state index in [0.29, 0.717) is 34.5 Å². The molecule has 0 bridgehead atoms. The van der Waals surface area contributed by atoms with E-state index in [2.05, 4.69) is 31.1 Å². The third-order valence-corrected chi connectivity index (χ3v) is 6.84. The second-order valence-corrected chi connectivity index (χ2v) is 10.1. The molecule has 2 aromatic heterocycles. The molecule has 6 N–H and O–H groups in total. The highest BCUT2D eigenvalue weighted by Gasteiger charge is 2.32. The number of carbonyl (C=O) groups excluding carboxylic acids is 3. The van der Waals surface area contributed by atoms with E-state index in [1.165, 1.54) is 30.1 Å². The maximum atomic E-state index is 13.7. The summed E-state index contributed by atoms with van der Waals surface area (Å²) in [5.74, 6) is -1.91. The minimum atomic E-state index is -4.65. The van der Waals surface area contributed by atoms with Gasteiger partial charge in [-0.05, 0) is 67.9 Å². The Hall–Kier alpha value is -5.66. The number of hydrogen-bond donors (Lipinski definition) is 5. The van der Waals surface area contributed by atoms with Crippen molar-refractivity contribution in [2.24, 2.45) is 5.73 Å². The third-order valence-electron chi connectivity index (χ3n) is 6.84. The molecule has 0 aliphatic rings. The molecular weight excluding hydrogens is 577 g/mol. The van der Waals surface area contributed by atoms with Crippen molar-refractivity contribution in [3.05, 3.63) is 101 Å². The quantitative estimate of drug-likeness (QED) is 0.166. The Bertz CT molecular complexity index is 1880. The van der Waals surface area contributed by atoms with Crippen molar-refractivity contribution in [3.8, 4) is 5.69 Å². The second kappa shape index (κ2) is 11.9. The summed E-state index contributed by atoms with van der Waals surface area (Å²) in [6, 6.07) is 14.4. The number of hydrogen-bond acceptors (Lipinski definition) is 6. The first-order valence-corrected chi connectivity index (χ1v) is 13.3. The molecule has 5 rings (SSSR count). The number of nitrogens with zero attached hydrogens (tertiary/aromatic N) is 3. The van der Waals surface area contributed by atoms with Crippen LogP contribution in [0.1, 0.15) is 44.6 Å². The van der Waals surface area contributed by atoms with E-state index < -0.39 is 35.5 Å². The number of amides is 3. The van der Waals surface area contributed by atoms with Crippen LogP contribution in [-0.2, 0) is 17.5 Å². The number of nitrogens with one attached hydrogen (secondary N) is 4. The topological polar surface area (TPSA) is 160 Å². The zero-order valence-electron chi connectivity index (χ0n) is 23.5. The molecule has 2 heterocycles. The van der Waals surface area contributed by atoms with Gasteiger partial charge in [-0.1, -0.05) is 12.1 Å². The van der Waals surface area contributed by atoms with Gasteiger partial charge in [0.2, 0.25) is 5.91 Å². The summed E-state index contributed by atoms with van der Waals surface area (Å²) in [4.78, 5) is 40.8. The van der Waals surface area contributed by atoms with Crippen LogP contribution < -0.4 is 21.7 Å². The van der Waals surface area contributed by atoms with Gasteiger partial charge in [-0.15, -0.1) is 0 Å². The van der Waals surface area contributed by atoms with Crippen molar-refractivity contribution in [2.75, 3.05) is 10.6 Å². The molecular formula is C30H27F3N8O3. The Morgan fingerprint density at radius 3 is 2.52 bits per heavy atom. The predicted octanol–water partition coefficient (Wildman–Crippen LogP) is 4.54. The van der Waals surface area contributed by atoms with Gasteiger partial charge in [-0.3, -0.25) is 19.5 Å². The number of nitrogens with two attached hydrogens (primary N) is 1. The number of primary amides is 1. The Morgan fingerprint density at radius 1 is 1.02 bits per heavy atom. The normalized spacial score (nSPS) is 12.1. The van der Waals surface area contributed by atoms with Gasteiger partial charge in [0.15, 0.2) is 5.69 Å². The molecule has 0 saturated carbocycles. The van der Waals surface area contributed by atoms with Gasteiger partial charge in [0.25, 0.3) is 11.8 Å². The maximum absolute atomic E-state index is 13.7. The summed E-state index contributed by atoms with van der Waals surface area (Å²) < 4.78 is 42.4. The molecule has 11 nitrogen and oxygen atoms in total. The molecule has 0 spiro atoms. The van der Waals surface area contributed by atoms with Crippen molar-refractivity contribution in [1.29, 1.82) is 0 Å². The van der Waals surface area contributed by atoms with Gasteiger partial charge < -0.3 is 26.3 Å². The number of anilines is 2. The second-order valence-electron chi connectivity index (χ2n) is 10.1. The van der Waals surface area contributed by atoms with Crippen molar-refractivity contribution < 1.29 is 27.6 Å². The maximum Gasteiger partial charge on any atom is 0.416 e. The van der Waals surface area contributed by atoms with E-state index in [0.717, 1.165) is 17.7 Å². The van der Waals surface area contributed by atoms with Crippen LogP contribution in [-0.4, -0.2) is 43.5 Å². The minimum absolute atomic E-state index is 0.121. The summed E-state index contributed by atoms with van der Waals surface area (Å²) in [6.45, 7) is 3.52. The molecule has 5 aromatic rings. The summed E-state index contributed by atoms with van der Waals surface area (Å²) >= 11 is 0. The van der Waals surface area contributed by atoms with E-state index in [4.69, 9.17) is 5.73 Å². The van der Waals surface area contributed by atoms with Crippen LogP contribution >= 0.6 is 0 Å². The molecule has 0 aliphatic heterocycles. The molecule has 0 fully saturated rings. The Labute approximate surface area is 248 Å². The molecule has 0 saturated heterocycles. The number of H-pyrrole nitrogens is 1. The van der Waals surface area contributed by atoms with Crippen LogP contribution in [0, 0.1) is 6.92 Å². The molecule has 1 atom stereocenters. The predicted molar refractivity (Wildman–Crippen MR) is 157 cm³/mol. The fourth-order valence-corrected chi connectivity index (χ4v) is 4.48. The molecule has 226 valence electrons. The zero-order chi connectivity index (χ0) is 31.6. The van der Waals surface area contributed by atoms with Crippen LogP contribution in [0.4, 0.5) is 24.5 Å². The van der Waals surface area contributed by atoms with Gasteiger partial charge in [0.1, 0.15) is 6.04 Å². The SMILES string of the molecule is Cc1cncn1-c1cc(C(=O)Nc2cccc(CNc3ccc4c(C(=O)NC(C)C(N)=O)n[nH]c4c3)c2)cc(C(F)(F)F)c1. The fourth-order valence-electron chi connectivity index (χ4n) is 4.48. The monoisotopic (exact) mass is 604 g/mol. The number of benzene rings is 3. The molecule has 3 aromatic carbocycles. The van der Waals surface area contributed by atoms with Gasteiger partial charge in [-0.25, -0.2) is 4.98 Å². The number of fused-ring (bicyclic) bond motifs is 1. The first kappa shape index (κ1) is 29.8. The van der Waals surface area contributed by atoms with E-state index in [-0.39, 0.29) is 16.9 Å². The minimum Gasteiger partial charge on any atom is -0.381 e. The smallest absolute Gasteiger partial charge is 0.381 e. The lowest BCUT2D eigenvalue weighted by atomic mass is 10.1. The number of imidazole rings is 1. The summed E-state index contributed by atoms with van der Waals surface area (Å²) in [6.07, 6.45) is -1.75. The van der Waals surface area contributed by atoms with Crippen LogP contribution in [0.3, 0.4) is 0 Å². The van der Waals surface area contributed by atoms with E-state index in [1.54, 1.807) is 43.3 Å². The molecule has 3 amide bonds. The fraction of sp³-hybridized carbons (Fsp3) is 0.167. The van der Waals surface area contributed by atoms with Crippen LogP contribution in [0.15, 0.2) is 73.2 Å². The highest BCUT2D eigenvalue weighted by Crippen LogP contribution is 2.32. The van der Waals surface area contributed by atoms with Gasteiger partial charge in [-0.2, -0.15) is 18.3 Å². The first-order valence-electron chi connectivity index (χ1n) is 13.3. The van der Waals surface area contributed by atoms with Crippen LogP contribution in [0.2, 0.25) is 0 Å². The van der Waals surface area contributed by atoms with Gasteiger partial charge >= 0.3 is 6.18 Å². The highest BCUT2D eigenvalue weighted by atomic mass is 19.4. The Balaban J connectivity index is 1.28. The lowest BCUT2D eigenvalue weighted by molar-refractivity contribution is -0.137. The number of aryl methyl sites for hydroxylation is 1. The van der Waals surface area contributed by atoms with E-state index >= 15 is 0 Å². The number of aromatic nitrogens is 4. The zero-order valence-corrected chi connectivity index (χ0v) is 23.5. The van der Waals surface area contributed by atoms with E-state index in [1.807, 2.05) is 6.07 Å². The van der Waals surface area contributed by atoms with Crippen LogP contribution in [0.5, 0.6) is 0 Å². The number of alkyl halides is 3. The number of rotatable bonds is 9. The van der Waals surface area contributed by atoms with Crippen molar-refractivity contribution in [2.45, 2.75) is 32.6 Å². The molecule has 1 unspecified atom stereocenters. The molecule has 0 radical (unpaired) electrons. The van der Waals surface area contributed by atoms with Crippen molar-refractivity contribution in [3.63, 3.8) is 0 Å². The standard InChI is InChI=1S/C30H27F3N8O3/c1-16-13-35-15-41(16)23-10-19(9-20(11-23)30(31,32)33)28(43)38-22-5-3-4-18(8-22)14-36-21-6-7-24-25(12-21)39-40-26(24)29(44)37-17(2)27(34)42/h3-13,15,17,36H,14H2,1-2H3,(H2,34,42)(H,37,44)(H,38,43)(H,39,40). The summed E-state index contributed by atoms with van der Waals surface area (Å²) in [7, 11) is 0. The number of aromatic amines is 1. The first-order chi connectivity index (χ1) is 20.9. The summed E-state index contributed by atoms with van der Waals surface area (Å²) in [5.41, 5.74) is 7.48. The molecule has 14 heteroatoms. The van der Waals surface area contributed by atoms with Gasteiger partial charge in [0, 0.05) is 46.4 Å². The lowest BCUT2D eigenvalue weighted by Gasteiger charge is -2.14. The van der Waals surface area contributed by atoms with Gasteiger partial charge in [0.05, 0.1) is 17.4 Å². The largest absolute Gasteiger partial charge is 0.416 e. The Kier molecular flexibility index (Phi) is 8.07. The number of halogens is 3. The Morgan fingerprint density at radius 2 is 1.82 bits per heavy atom. The van der Waals surface area contributed by atoms with Crippen molar-refractivity contribution in [1.82, 2.24) is 25.1 Å². The third kappa shape index (κ3) is 6.53.